The van der Waals surface area contributed by atoms with E-state index >= 15 is 0 Å². The predicted molar refractivity (Wildman–Crippen MR) is 102 cm³/mol. The fourth-order valence-corrected chi connectivity index (χ4v) is 3.37. The molecule has 4 rings (SSSR count). The largest absolute Gasteiger partial charge is 0.358 e. The van der Waals surface area contributed by atoms with E-state index in [1.165, 1.54) is 4.57 Å². The van der Waals surface area contributed by atoms with Crippen molar-refractivity contribution >= 4 is 17.4 Å². The molecule has 3 aromatic rings. The average Bonchev–Trinajstić information content (AvgIpc) is 2.63. The van der Waals surface area contributed by atoms with Crippen molar-refractivity contribution in [3.05, 3.63) is 91.6 Å². The Morgan fingerprint density at radius 3 is 2.62 bits per heavy atom. The van der Waals surface area contributed by atoms with Crippen molar-refractivity contribution in [2.45, 2.75) is 13.1 Å². The highest BCUT2D eigenvalue weighted by atomic mass is 35.5. The molecule has 0 fully saturated rings. The maximum atomic E-state index is 12.4. The normalized spacial score (nSPS) is 13.9. The number of rotatable bonds is 3. The van der Waals surface area contributed by atoms with Gasteiger partial charge in [-0.1, -0.05) is 48.0 Å². The van der Waals surface area contributed by atoms with Gasteiger partial charge in [0.25, 0.3) is 5.56 Å². The number of fused-ring (bicyclic) bond motifs is 1. The van der Waals surface area contributed by atoms with Crippen LogP contribution in [-0.2, 0) is 13.1 Å². The Labute approximate surface area is 154 Å². The van der Waals surface area contributed by atoms with Crippen molar-refractivity contribution in [3.63, 3.8) is 0 Å². The summed E-state index contributed by atoms with van der Waals surface area (Å²) < 4.78 is 1.46. The molecule has 0 saturated heterocycles. The number of nitrogens with one attached hydrogen (secondary N) is 2. The predicted octanol–water partition coefficient (Wildman–Crippen LogP) is 2.56. The molecule has 1 aliphatic rings. The zero-order valence-electron chi connectivity index (χ0n) is 13.9. The fraction of sp³-hybridized carbons (Fsp3) is 0.158. The average molecular weight is 369 g/mol. The molecule has 0 unspecified atom stereocenters. The third-order valence-electron chi connectivity index (χ3n) is 4.37. The van der Waals surface area contributed by atoms with E-state index in [4.69, 9.17) is 11.6 Å². The highest BCUT2D eigenvalue weighted by molar-refractivity contribution is 6.30. The van der Waals surface area contributed by atoms with Crippen LogP contribution in [0.25, 0.3) is 5.69 Å². The van der Waals surface area contributed by atoms with Gasteiger partial charge >= 0.3 is 5.69 Å². The smallest absolute Gasteiger partial charge is 0.334 e. The quantitative estimate of drug-likeness (QED) is 0.745. The summed E-state index contributed by atoms with van der Waals surface area (Å²) in [4.78, 5) is 29.3. The van der Waals surface area contributed by atoms with Crippen LogP contribution in [0.5, 0.6) is 0 Å². The van der Waals surface area contributed by atoms with E-state index in [9.17, 15) is 9.59 Å². The molecule has 2 N–H and O–H groups in total. The first kappa shape index (κ1) is 16.6. The molecule has 0 bridgehead atoms. The molecule has 0 saturated carbocycles. The Morgan fingerprint density at radius 2 is 1.85 bits per heavy atom. The van der Waals surface area contributed by atoms with Gasteiger partial charge in [0.15, 0.2) is 0 Å². The summed E-state index contributed by atoms with van der Waals surface area (Å²) in [5, 5.41) is 3.75. The number of aromatic nitrogens is 2. The van der Waals surface area contributed by atoms with Gasteiger partial charge in [0.1, 0.15) is 5.82 Å². The number of hydrogen-bond donors (Lipinski definition) is 2. The molecule has 0 amide bonds. The van der Waals surface area contributed by atoms with Gasteiger partial charge < -0.3 is 5.32 Å². The van der Waals surface area contributed by atoms with Crippen LogP contribution in [0.2, 0.25) is 5.02 Å². The third kappa shape index (κ3) is 3.16. The van der Waals surface area contributed by atoms with Crippen LogP contribution in [0.1, 0.15) is 11.1 Å². The van der Waals surface area contributed by atoms with Crippen LogP contribution >= 0.6 is 11.6 Å². The molecule has 1 aromatic heterocycles. The van der Waals surface area contributed by atoms with Crippen molar-refractivity contribution in [1.29, 1.82) is 0 Å². The summed E-state index contributed by atoms with van der Waals surface area (Å²) in [6, 6.07) is 17.0. The highest BCUT2D eigenvalue weighted by Crippen LogP contribution is 2.23. The maximum absolute atomic E-state index is 12.4. The summed E-state index contributed by atoms with van der Waals surface area (Å²) in [5.74, 6) is 0.519. The molecule has 132 valence electrons. The summed E-state index contributed by atoms with van der Waals surface area (Å²) in [5.41, 5.74) is 1.46. The molecule has 6 nitrogen and oxygen atoms in total. The van der Waals surface area contributed by atoms with Crippen LogP contribution in [0.4, 0.5) is 5.82 Å². The molecule has 0 radical (unpaired) electrons. The Kier molecular flexibility index (Phi) is 4.36. The highest BCUT2D eigenvalue weighted by Gasteiger charge is 2.23. The van der Waals surface area contributed by atoms with Crippen LogP contribution in [0.15, 0.2) is 64.2 Å². The van der Waals surface area contributed by atoms with Crippen LogP contribution in [0.3, 0.4) is 0 Å². The Balaban J connectivity index is 1.73. The SMILES string of the molecule is O=c1[nH]c(=O)n(-c2cccc(Cl)c2)c2c1CN(Cc1ccccc1)CN2. The van der Waals surface area contributed by atoms with Crippen LogP contribution in [-0.4, -0.2) is 21.1 Å². The van der Waals surface area contributed by atoms with Crippen molar-refractivity contribution in [2.24, 2.45) is 0 Å². The molecule has 26 heavy (non-hydrogen) atoms. The molecule has 0 spiro atoms. The van der Waals surface area contributed by atoms with Gasteiger partial charge in [-0.2, -0.15) is 0 Å². The zero-order valence-corrected chi connectivity index (χ0v) is 14.7. The van der Waals surface area contributed by atoms with E-state index in [1.807, 2.05) is 30.3 Å². The molecule has 1 aliphatic heterocycles. The first-order valence-electron chi connectivity index (χ1n) is 8.26. The lowest BCUT2D eigenvalue weighted by atomic mass is 10.1. The Hall–Kier alpha value is -2.83. The van der Waals surface area contributed by atoms with E-state index < -0.39 is 5.69 Å². The summed E-state index contributed by atoms with van der Waals surface area (Å²) in [6.07, 6.45) is 0. The number of aromatic amines is 1. The number of hydrogen-bond acceptors (Lipinski definition) is 4. The van der Waals surface area contributed by atoms with Crippen molar-refractivity contribution in [3.8, 4) is 5.69 Å². The fourth-order valence-electron chi connectivity index (χ4n) is 3.19. The van der Waals surface area contributed by atoms with Crippen molar-refractivity contribution < 1.29 is 0 Å². The number of benzene rings is 2. The summed E-state index contributed by atoms with van der Waals surface area (Å²) >= 11 is 6.06. The van der Waals surface area contributed by atoms with Gasteiger partial charge in [-0.15, -0.1) is 0 Å². The van der Waals surface area contributed by atoms with Crippen molar-refractivity contribution in [1.82, 2.24) is 14.5 Å². The monoisotopic (exact) mass is 368 g/mol. The van der Waals surface area contributed by atoms with E-state index in [1.54, 1.807) is 24.3 Å². The minimum atomic E-state index is -0.486. The minimum Gasteiger partial charge on any atom is -0.358 e. The Morgan fingerprint density at radius 1 is 1.04 bits per heavy atom. The lowest BCUT2D eigenvalue weighted by Crippen LogP contribution is -2.42. The topological polar surface area (TPSA) is 70.1 Å². The zero-order chi connectivity index (χ0) is 18.1. The summed E-state index contributed by atoms with van der Waals surface area (Å²) in [7, 11) is 0. The second-order valence-electron chi connectivity index (χ2n) is 6.21. The molecule has 2 aromatic carbocycles. The molecule has 0 aliphatic carbocycles. The molecular formula is C19H17ClN4O2. The first-order chi connectivity index (χ1) is 12.6. The van der Waals surface area contributed by atoms with Gasteiger partial charge in [0.05, 0.1) is 17.9 Å². The van der Waals surface area contributed by atoms with Gasteiger partial charge in [-0.25, -0.2) is 9.36 Å². The second kappa shape index (κ2) is 6.82. The van der Waals surface area contributed by atoms with Gasteiger partial charge in [-0.3, -0.25) is 14.7 Å². The third-order valence-corrected chi connectivity index (χ3v) is 4.61. The van der Waals surface area contributed by atoms with Crippen LogP contribution < -0.4 is 16.6 Å². The van der Waals surface area contributed by atoms with E-state index in [2.05, 4.69) is 15.2 Å². The maximum Gasteiger partial charge on any atom is 0.334 e. The standard InChI is InChI=1S/C19H17ClN4O2/c20-14-7-4-8-15(9-14)24-17-16(18(25)22-19(24)26)11-23(12-21-17)10-13-5-2-1-3-6-13/h1-9,21H,10-12H2,(H,22,25,26). The number of halogens is 1. The lowest BCUT2D eigenvalue weighted by Gasteiger charge is -2.30. The van der Waals surface area contributed by atoms with E-state index in [-0.39, 0.29) is 5.56 Å². The summed E-state index contributed by atoms with van der Waals surface area (Å²) in [6.45, 7) is 1.70. The molecular weight excluding hydrogens is 352 g/mol. The van der Waals surface area contributed by atoms with Gasteiger partial charge in [0, 0.05) is 18.1 Å². The number of H-pyrrole nitrogens is 1. The minimum absolute atomic E-state index is 0.367. The first-order valence-corrected chi connectivity index (χ1v) is 8.64. The van der Waals surface area contributed by atoms with E-state index in [0.717, 1.165) is 5.56 Å². The van der Waals surface area contributed by atoms with Gasteiger partial charge in [-0.05, 0) is 23.8 Å². The molecule has 7 heteroatoms. The van der Waals surface area contributed by atoms with Crippen molar-refractivity contribution in [2.75, 3.05) is 12.0 Å². The lowest BCUT2D eigenvalue weighted by molar-refractivity contribution is 0.263. The molecule has 0 atom stereocenters. The van der Waals surface area contributed by atoms with Gasteiger partial charge in [0.2, 0.25) is 0 Å². The second-order valence-corrected chi connectivity index (χ2v) is 6.65. The Bertz CT molecular complexity index is 1060. The number of anilines is 1. The van der Waals surface area contributed by atoms with E-state index in [0.29, 0.717) is 41.8 Å². The molecule has 2 heterocycles. The number of nitrogens with zero attached hydrogens (tertiary/aromatic N) is 2. The van der Waals surface area contributed by atoms with Crippen LogP contribution in [0, 0.1) is 0 Å².